The maximum atomic E-state index is 11.2. The lowest BCUT2D eigenvalue weighted by atomic mass is 10.1. The minimum atomic E-state index is -0.432. The maximum absolute atomic E-state index is 11.2. The van der Waals surface area contributed by atoms with E-state index in [2.05, 4.69) is 4.74 Å². The Morgan fingerprint density at radius 2 is 1.50 bits per heavy atom. The molecule has 1 aliphatic rings. The fourth-order valence-electron chi connectivity index (χ4n) is 1.76. The van der Waals surface area contributed by atoms with Crippen LogP contribution < -0.4 is 0 Å². The maximum Gasteiger partial charge on any atom is 0.317 e. The van der Waals surface area contributed by atoms with Crippen LogP contribution in [0.5, 0.6) is 0 Å². The molecule has 0 aliphatic carbocycles. The molecule has 0 aromatic rings. The lowest BCUT2D eigenvalue weighted by molar-refractivity contribution is -0.159. The van der Waals surface area contributed by atoms with Crippen molar-refractivity contribution < 1.29 is 14.3 Å². The molecule has 0 bridgehead atoms. The van der Waals surface area contributed by atoms with E-state index < -0.39 is 5.97 Å². The van der Waals surface area contributed by atoms with Crippen molar-refractivity contribution in [2.75, 3.05) is 0 Å². The van der Waals surface area contributed by atoms with Crippen LogP contribution in [0.15, 0.2) is 12.2 Å². The summed E-state index contributed by atoms with van der Waals surface area (Å²) in [5.41, 5.74) is 0. The highest BCUT2D eigenvalue weighted by atomic mass is 16.6. The van der Waals surface area contributed by atoms with E-state index in [0.29, 0.717) is 6.42 Å². The Kier molecular flexibility index (Phi) is 6.54. The predicted molar refractivity (Wildman–Crippen MR) is 61.8 cm³/mol. The molecular formula is C13H20O3. The Hall–Kier alpha value is -1.12. The molecule has 0 N–H and O–H groups in total. The first-order valence-electron chi connectivity index (χ1n) is 6.17. The van der Waals surface area contributed by atoms with Crippen molar-refractivity contribution in [2.45, 2.75) is 57.8 Å². The molecule has 0 spiro atoms. The fourth-order valence-corrected chi connectivity index (χ4v) is 1.76. The number of carbonyl (C=O) groups is 2. The molecule has 0 fully saturated rings. The van der Waals surface area contributed by atoms with Gasteiger partial charge in [0.25, 0.3) is 0 Å². The zero-order chi connectivity index (χ0) is 11.6. The minimum Gasteiger partial charge on any atom is -0.393 e. The molecule has 0 unspecified atom stereocenters. The van der Waals surface area contributed by atoms with E-state index in [1.807, 2.05) is 6.08 Å². The number of ether oxygens (including phenoxy) is 1. The molecule has 1 aliphatic heterocycles. The molecule has 1 rings (SSSR count). The van der Waals surface area contributed by atoms with Crippen LogP contribution in [0.2, 0.25) is 0 Å². The van der Waals surface area contributed by atoms with Gasteiger partial charge in [-0.2, -0.15) is 0 Å². The van der Waals surface area contributed by atoms with Crippen LogP contribution in [0.4, 0.5) is 0 Å². The van der Waals surface area contributed by atoms with Gasteiger partial charge in [0, 0.05) is 6.42 Å². The van der Waals surface area contributed by atoms with Gasteiger partial charge in [-0.25, -0.2) is 0 Å². The van der Waals surface area contributed by atoms with Crippen molar-refractivity contribution in [3.63, 3.8) is 0 Å². The monoisotopic (exact) mass is 224 g/mol. The van der Waals surface area contributed by atoms with Crippen LogP contribution in [0.25, 0.3) is 0 Å². The molecule has 16 heavy (non-hydrogen) atoms. The van der Waals surface area contributed by atoms with E-state index in [0.717, 1.165) is 19.3 Å². The first-order valence-corrected chi connectivity index (χ1v) is 6.17. The van der Waals surface area contributed by atoms with Gasteiger partial charge in [-0.3, -0.25) is 9.59 Å². The average molecular weight is 224 g/mol. The number of hydrogen-bond donors (Lipinski definition) is 0. The van der Waals surface area contributed by atoms with Gasteiger partial charge in [0.15, 0.2) is 0 Å². The van der Waals surface area contributed by atoms with Gasteiger partial charge >= 0.3 is 11.9 Å². The molecule has 0 aromatic heterocycles. The molecule has 0 saturated heterocycles. The summed E-state index contributed by atoms with van der Waals surface area (Å²) in [5.74, 6) is -0.811. The molecule has 0 aromatic carbocycles. The molecular weight excluding hydrogens is 204 g/mol. The van der Waals surface area contributed by atoms with Crippen molar-refractivity contribution in [1.29, 1.82) is 0 Å². The topological polar surface area (TPSA) is 43.4 Å². The van der Waals surface area contributed by atoms with Gasteiger partial charge in [-0.05, 0) is 19.3 Å². The number of carbonyl (C=O) groups excluding carboxylic acids is 2. The van der Waals surface area contributed by atoms with Gasteiger partial charge in [0.2, 0.25) is 0 Å². The highest BCUT2D eigenvalue weighted by molar-refractivity contribution is 5.86. The first kappa shape index (κ1) is 12.9. The van der Waals surface area contributed by atoms with Crippen LogP contribution in [0.3, 0.4) is 0 Å². The van der Waals surface area contributed by atoms with Crippen molar-refractivity contribution in [3.8, 4) is 0 Å². The summed E-state index contributed by atoms with van der Waals surface area (Å²) in [4.78, 5) is 22.4. The van der Waals surface area contributed by atoms with E-state index in [9.17, 15) is 9.59 Å². The number of esters is 2. The third-order valence-electron chi connectivity index (χ3n) is 2.68. The summed E-state index contributed by atoms with van der Waals surface area (Å²) in [6.07, 6.45) is 12.1. The van der Waals surface area contributed by atoms with Gasteiger partial charge in [-0.1, -0.05) is 37.8 Å². The number of hydrogen-bond acceptors (Lipinski definition) is 3. The van der Waals surface area contributed by atoms with E-state index >= 15 is 0 Å². The Balaban J connectivity index is 2.36. The first-order chi connectivity index (χ1) is 7.79. The quantitative estimate of drug-likeness (QED) is 0.360. The number of allylic oxidation sites excluding steroid dienone is 1. The Labute approximate surface area is 96.9 Å². The molecule has 0 radical (unpaired) electrons. The van der Waals surface area contributed by atoms with Crippen LogP contribution >= 0.6 is 0 Å². The summed E-state index contributed by atoms with van der Waals surface area (Å²) in [7, 11) is 0. The normalized spacial score (nSPS) is 23.2. The Morgan fingerprint density at radius 3 is 2.31 bits per heavy atom. The molecule has 3 nitrogen and oxygen atoms in total. The third-order valence-corrected chi connectivity index (χ3v) is 2.68. The molecule has 90 valence electrons. The third kappa shape index (κ3) is 6.38. The standard InChI is InChI=1S/C13H20O3/c14-12-10-8-6-4-2-1-3-5-7-9-11-13(15)16-12/h6,8H,1-5,7,9-11H2/b8-6+. The van der Waals surface area contributed by atoms with E-state index in [-0.39, 0.29) is 12.4 Å². The highest BCUT2D eigenvalue weighted by Gasteiger charge is 2.08. The Bertz CT molecular complexity index is 256. The summed E-state index contributed by atoms with van der Waals surface area (Å²) >= 11 is 0. The number of rotatable bonds is 0. The number of cyclic esters (lactones) is 2. The second kappa shape index (κ2) is 8.08. The van der Waals surface area contributed by atoms with Crippen LogP contribution in [0, 0.1) is 0 Å². The Morgan fingerprint density at radius 1 is 0.812 bits per heavy atom. The molecule has 1 heterocycles. The molecule has 0 saturated carbocycles. The average Bonchev–Trinajstić information content (AvgIpc) is 2.25. The fraction of sp³-hybridized carbons (Fsp3) is 0.692. The summed E-state index contributed by atoms with van der Waals surface area (Å²) < 4.78 is 4.67. The van der Waals surface area contributed by atoms with Gasteiger partial charge in [0.1, 0.15) is 0 Å². The molecule has 0 amide bonds. The second-order valence-electron chi connectivity index (χ2n) is 4.18. The zero-order valence-corrected chi connectivity index (χ0v) is 9.74. The summed E-state index contributed by atoms with van der Waals surface area (Å²) in [5, 5.41) is 0. The molecule has 0 atom stereocenters. The predicted octanol–water partition coefficient (Wildman–Crippen LogP) is 3.14. The second-order valence-corrected chi connectivity index (χ2v) is 4.18. The smallest absolute Gasteiger partial charge is 0.317 e. The van der Waals surface area contributed by atoms with Crippen molar-refractivity contribution in [3.05, 3.63) is 12.2 Å². The lowest BCUT2D eigenvalue weighted by Gasteiger charge is -2.03. The van der Waals surface area contributed by atoms with Gasteiger partial charge in [-0.15, -0.1) is 0 Å². The van der Waals surface area contributed by atoms with E-state index in [1.54, 1.807) is 6.08 Å². The molecule has 3 heteroatoms. The van der Waals surface area contributed by atoms with Crippen molar-refractivity contribution >= 4 is 11.9 Å². The van der Waals surface area contributed by atoms with Gasteiger partial charge < -0.3 is 4.74 Å². The van der Waals surface area contributed by atoms with Crippen LogP contribution in [-0.4, -0.2) is 11.9 Å². The summed E-state index contributed by atoms with van der Waals surface area (Å²) in [6, 6.07) is 0. The minimum absolute atomic E-state index is 0.214. The van der Waals surface area contributed by atoms with E-state index in [1.165, 1.54) is 25.7 Å². The zero-order valence-electron chi connectivity index (χ0n) is 9.74. The van der Waals surface area contributed by atoms with Gasteiger partial charge in [0.05, 0.1) is 6.42 Å². The van der Waals surface area contributed by atoms with Crippen LogP contribution in [0.1, 0.15) is 57.8 Å². The largest absolute Gasteiger partial charge is 0.393 e. The van der Waals surface area contributed by atoms with Crippen molar-refractivity contribution in [2.24, 2.45) is 0 Å². The SMILES string of the molecule is O=C1C/C=C/CCCCCCCCC(=O)O1. The highest BCUT2D eigenvalue weighted by Crippen LogP contribution is 2.10. The van der Waals surface area contributed by atoms with E-state index in [4.69, 9.17) is 0 Å². The van der Waals surface area contributed by atoms with Crippen LogP contribution in [-0.2, 0) is 14.3 Å². The van der Waals surface area contributed by atoms with Crippen molar-refractivity contribution in [1.82, 2.24) is 0 Å². The summed E-state index contributed by atoms with van der Waals surface area (Å²) in [6.45, 7) is 0. The lowest BCUT2D eigenvalue weighted by Crippen LogP contribution is -2.11.